The number of aliphatic hydroxyl groups excluding tert-OH is 1. The van der Waals surface area contributed by atoms with Gasteiger partial charge < -0.3 is 24.5 Å². The van der Waals surface area contributed by atoms with Gasteiger partial charge >= 0.3 is 0 Å². The highest BCUT2D eigenvalue weighted by Gasteiger charge is 2.37. The molecule has 0 radical (unpaired) electrons. The van der Waals surface area contributed by atoms with Crippen LogP contribution >= 0.6 is 0 Å². The summed E-state index contributed by atoms with van der Waals surface area (Å²) in [6, 6.07) is 9.30. The highest BCUT2D eigenvalue weighted by Crippen LogP contribution is 2.40. The van der Waals surface area contributed by atoms with Crippen molar-refractivity contribution in [2.24, 2.45) is 18.4 Å². The van der Waals surface area contributed by atoms with Crippen LogP contribution in [0.4, 0.5) is 11.4 Å². The minimum Gasteiger partial charge on any atom is -0.392 e. The second-order valence-corrected chi connectivity index (χ2v) is 11.4. The molecule has 8 nitrogen and oxygen atoms in total. The van der Waals surface area contributed by atoms with Crippen LogP contribution in [0.25, 0.3) is 11.1 Å². The van der Waals surface area contributed by atoms with Gasteiger partial charge in [-0.1, -0.05) is 26.0 Å². The van der Waals surface area contributed by atoms with E-state index in [1.807, 2.05) is 24.3 Å². The quantitative estimate of drug-likeness (QED) is 0.561. The Morgan fingerprint density at radius 1 is 1.14 bits per heavy atom. The van der Waals surface area contributed by atoms with E-state index >= 15 is 0 Å². The minimum atomic E-state index is -0.289. The third kappa shape index (κ3) is 4.00. The molecule has 0 saturated heterocycles. The molecular weight excluding hydrogens is 468 g/mol. The van der Waals surface area contributed by atoms with E-state index in [1.165, 1.54) is 15.8 Å². The number of aromatic nitrogens is 2. The molecule has 1 aromatic carbocycles. The molecule has 3 heterocycles. The number of amides is 2. The van der Waals surface area contributed by atoms with Crippen molar-refractivity contribution < 1.29 is 14.7 Å². The lowest BCUT2D eigenvalue weighted by atomic mass is 9.90. The fourth-order valence-corrected chi connectivity index (χ4v) is 5.93. The molecule has 1 fully saturated rings. The largest absolute Gasteiger partial charge is 0.392 e. The summed E-state index contributed by atoms with van der Waals surface area (Å²) in [6.07, 6.45) is 5.33. The zero-order valence-corrected chi connectivity index (χ0v) is 21.5. The molecule has 3 aromatic rings. The van der Waals surface area contributed by atoms with Crippen LogP contribution in [0.2, 0.25) is 0 Å². The maximum absolute atomic E-state index is 13.7. The first kappa shape index (κ1) is 23.7. The number of aryl methyl sites for hydroxylation is 1. The van der Waals surface area contributed by atoms with E-state index in [2.05, 4.69) is 23.7 Å². The van der Waals surface area contributed by atoms with Crippen LogP contribution in [0, 0.1) is 11.3 Å². The highest BCUT2D eigenvalue weighted by atomic mass is 16.3. The number of carbonyl (C=O) groups is 2. The fourth-order valence-electron chi connectivity index (χ4n) is 5.93. The monoisotopic (exact) mass is 500 g/mol. The molecule has 2 aromatic heterocycles. The molecule has 0 atom stereocenters. The predicted molar refractivity (Wildman–Crippen MR) is 142 cm³/mol. The Hall–Kier alpha value is -3.65. The summed E-state index contributed by atoms with van der Waals surface area (Å²) >= 11 is 0. The molecule has 37 heavy (non-hydrogen) atoms. The zero-order valence-electron chi connectivity index (χ0n) is 21.5. The van der Waals surface area contributed by atoms with Crippen molar-refractivity contribution >= 4 is 23.2 Å². The first-order valence-corrected chi connectivity index (χ1v) is 12.9. The normalized spacial score (nSPS) is 18.1. The van der Waals surface area contributed by atoms with Gasteiger partial charge in [0.25, 0.3) is 11.5 Å². The average Bonchev–Trinajstić information content (AvgIpc) is 3.60. The van der Waals surface area contributed by atoms with E-state index in [0.29, 0.717) is 35.6 Å². The van der Waals surface area contributed by atoms with Crippen LogP contribution in [-0.2, 0) is 37.8 Å². The molecule has 2 aliphatic carbocycles. The first-order valence-electron chi connectivity index (χ1n) is 12.9. The minimum absolute atomic E-state index is 0.0267. The second kappa shape index (κ2) is 8.45. The van der Waals surface area contributed by atoms with Crippen molar-refractivity contribution in [2.45, 2.75) is 52.7 Å². The molecule has 6 rings (SSSR count). The predicted octanol–water partition coefficient (Wildman–Crippen LogP) is 3.48. The van der Waals surface area contributed by atoms with Crippen LogP contribution in [0.3, 0.4) is 0 Å². The van der Waals surface area contributed by atoms with Crippen molar-refractivity contribution in [3.63, 3.8) is 0 Å². The molecule has 192 valence electrons. The lowest BCUT2D eigenvalue weighted by molar-refractivity contribution is -0.117. The maximum Gasteiger partial charge on any atom is 0.274 e. The fraction of sp³-hybridized carbons (Fsp3) is 0.414. The smallest absolute Gasteiger partial charge is 0.274 e. The van der Waals surface area contributed by atoms with E-state index in [-0.39, 0.29) is 41.0 Å². The van der Waals surface area contributed by atoms with Crippen LogP contribution in [0.1, 0.15) is 54.0 Å². The van der Waals surface area contributed by atoms with E-state index in [9.17, 15) is 19.5 Å². The summed E-state index contributed by atoms with van der Waals surface area (Å²) in [5.74, 6) is -0.230. The van der Waals surface area contributed by atoms with Gasteiger partial charge in [-0.15, -0.1) is 0 Å². The SMILES string of the molecule is Cn1cc(-c2cccc(N3CCn4c(cc5c4CC(C)(C)C5)C3=O)c2CO)cc(NC(=O)C2CC2)c1=O. The Kier molecular flexibility index (Phi) is 5.42. The number of rotatable bonds is 5. The Morgan fingerprint density at radius 3 is 2.65 bits per heavy atom. The third-order valence-electron chi connectivity index (χ3n) is 7.93. The van der Waals surface area contributed by atoms with Crippen LogP contribution < -0.4 is 15.8 Å². The Labute approximate surface area is 215 Å². The third-order valence-corrected chi connectivity index (χ3v) is 7.93. The number of anilines is 2. The molecule has 0 bridgehead atoms. The summed E-state index contributed by atoms with van der Waals surface area (Å²) in [6.45, 7) is 5.47. The van der Waals surface area contributed by atoms with Crippen molar-refractivity contribution in [1.29, 1.82) is 0 Å². The molecule has 2 amide bonds. The van der Waals surface area contributed by atoms with Crippen molar-refractivity contribution in [2.75, 3.05) is 16.8 Å². The van der Waals surface area contributed by atoms with E-state index in [4.69, 9.17) is 0 Å². The van der Waals surface area contributed by atoms with E-state index in [0.717, 1.165) is 31.2 Å². The molecule has 3 aliphatic rings. The topological polar surface area (TPSA) is 96.6 Å². The number of hydrogen-bond acceptors (Lipinski definition) is 4. The zero-order chi connectivity index (χ0) is 26.1. The van der Waals surface area contributed by atoms with Gasteiger partial charge in [0.05, 0.1) is 12.3 Å². The second-order valence-electron chi connectivity index (χ2n) is 11.4. The summed E-state index contributed by atoms with van der Waals surface area (Å²) < 4.78 is 3.61. The van der Waals surface area contributed by atoms with Crippen LogP contribution in [-0.4, -0.2) is 32.6 Å². The first-order chi connectivity index (χ1) is 17.7. The number of nitrogens with one attached hydrogen (secondary N) is 1. The van der Waals surface area contributed by atoms with Gasteiger partial charge in [0.2, 0.25) is 5.91 Å². The van der Waals surface area contributed by atoms with Crippen molar-refractivity contribution in [1.82, 2.24) is 9.13 Å². The van der Waals surface area contributed by atoms with Crippen LogP contribution in [0.15, 0.2) is 41.3 Å². The molecule has 8 heteroatoms. The van der Waals surface area contributed by atoms with Crippen molar-refractivity contribution in [3.05, 3.63) is 69.4 Å². The summed E-state index contributed by atoms with van der Waals surface area (Å²) in [5.41, 5.74) is 6.07. The number of hydrogen-bond donors (Lipinski definition) is 2. The van der Waals surface area contributed by atoms with Gasteiger partial charge in [0.1, 0.15) is 11.4 Å². The number of carbonyl (C=O) groups excluding carboxylic acids is 2. The Bertz CT molecular complexity index is 1510. The Balaban J connectivity index is 1.37. The molecular formula is C29H32N4O4. The standard InChI is InChI=1S/C29H32N4O4/c1-29(2)13-18-12-24-28(37)33(10-9-32(24)25(18)14-29)23-6-4-5-20(21(23)16-34)19-11-22(27(36)31(3)15-19)30-26(35)17-7-8-17/h4-6,11-12,15,17,34H,7-10,13-14,16H2,1-3H3,(H,30,35). The summed E-state index contributed by atoms with van der Waals surface area (Å²) in [4.78, 5) is 40.5. The van der Waals surface area contributed by atoms with Gasteiger partial charge in [-0.3, -0.25) is 14.4 Å². The van der Waals surface area contributed by atoms with Gasteiger partial charge in [0.15, 0.2) is 0 Å². The van der Waals surface area contributed by atoms with Gasteiger partial charge in [-0.05, 0) is 60.4 Å². The van der Waals surface area contributed by atoms with Crippen LogP contribution in [0.5, 0.6) is 0 Å². The maximum atomic E-state index is 13.7. The van der Waals surface area contributed by atoms with Gasteiger partial charge in [-0.2, -0.15) is 0 Å². The molecule has 0 unspecified atom stereocenters. The number of pyridine rings is 1. The summed E-state index contributed by atoms with van der Waals surface area (Å²) in [7, 11) is 1.64. The highest BCUT2D eigenvalue weighted by molar-refractivity contribution is 6.07. The van der Waals surface area contributed by atoms with E-state index in [1.54, 1.807) is 24.2 Å². The molecule has 1 saturated carbocycles. The number of benzene rings is 1. The molecule has 1 aliphatic heterocycles. The Morgan fingerprint density at radius 2 is 1.92 bits per heavy atom. The summed E-state index contributed by atoms with van der Waals surface area (Å²) in [5, 5.41) is 13.2. The average molecular weight is 501 g/mol. The lowest BCUT2D eigenvalue weighted by Crippen LogP contribution is -2.41. The number of nitrogens with zero attached hydrogens (tertiary/aromatic N) is 3. The lowest BCUT2D eigenvalue weighted by Gasteiger charge is -2.32. The number of fused-ring (bicyclic) bond motifs is 3. The molecule has 2 N–H and O–H groups in total. The number of aliphatic hydroxyl groups is 1. The molecule has 0 spiro atoms. The van der Waals surface area contributed by atoms with Crippen molar-refractivity contribution in [3.8, 4) is 11.1 Å². The van der Waals surface area contributed by atoms with E-state index < -0.39 is 0 Å². The van der Waals surface area contributed by atoms with Gasteiger partial charge in [-0.25, -0.2) is 0 Å². The van der Waals surface area contributed by atoms with Gasteiger partial charge in [0, 0.05) is 49.1 Å².